The molecule has 0 unspecified atom stereocenters. The number of thiazole rings is 1. The summed E-state index contributed by atoms with van der Waals surface area (Å²) in [6.45, 7) is 3.92. The van der Waals surface area contributed by atoms with E-state index < -0.39 is 5.97 Å². The minimum atomic E-state index is -0.407. The molecule has 0 saturated heterocycles. The number of aromatic nitrogens is 1. The number of carbonyl (C=O) groups is 1. The van der Waals surface area contributed by atoms with Crippen LogP contribution in [0.25, 0.3) is 10.6 Å². The van der Waals surface area contributed by atoms with Crippen molar-refractivity contribution in [2.24, 2.45) is 0 Å². The van der Waals surface area contributed by atoms with Gasteiger partial charge in [0.2, 0.25) is 0 Å². The van der Waals surface area contributed by atoms with Gasteiger partial charge >= 0.3 is 5.97 Å². The lowest BCUT2D eigenvalue weighted by Crippen LogP contribution is -2.06. The lowest BCUT2D eigenvalue weighted by atomic mass is 10.2. The number of benzene rings is 1. The molecule has 0 atom stereocenters. The van der Waals surface area contributed by atoms with Crippen molar-refractivity contribution >= 4 is 40.5 Å². The van der Waals surface area contributed by atoms with Crippen molar-refractivity contribution in [2.45, 2.75) is 13.8 Å². The molecule has 19 heavy (non-hydrogen) atoms. The smallest absolute Gasteiger partial charge is 0.358 e. The van der Waals surface area contributed by atoms with Crippen LogP contribution in [-0.4, -0.2) is 17.6 Å². The molecule has 3 nitrogen and oxygen atoms in total. The molecule has 0 aliphatic carbocycles. The highest BCUT2D eigenvalue weighted by Gasteiger charge is 2.17. The van der Waals surface area contributed by atoms with Gasteiger partial charge in [-0.15, -0.1) is 11.3 Å². The summed E-state index contributed by atoms with van der Waals surface area (Å²) in [5.74, 6) is -0.407. The van der Waals surface area contributed by atoms with Crippen LogP contribution in [0.2, 0.25) is 10.0 Å². The number of esters is 1. The highest BCUT2D eigenvalue weighted by molar-refractivity contribution is 7.15. The minimum Gasteiger partial charge on any atom is -0.461 e. The predicted octanol–water partition coefficient (Wildman–Crippen LogP) is 4.60. The first-order valence-corrected chi connectivity index (χ1v) is 7.19. The van der Waals surface area contributed by atoms with Gasteiger partial charge in [-0.25, -0.2) is 9.78 Å². The summed E-state index contributed by atoms with van der Waals surface area (Å²) in [4.78, 5) is 16.8. The first kappa shape index (κ1) is 14.3. The maximum absolute atomic E-state index is 11.7. The molecule has 0 amide bonds. The second-order valence-electron chi connectivity index (χ2n) is 3.80. The number of hydrogen-bond donors (Lipinski definition) is 0. The zero-order valence-electron chi connectivity index (χ0n) is 10.4. The molecular weight excluding hydrogens is 305 g/mol. The number of nitrogens with zero attached hydrogens (tertiary/aromatic N) is 1. The molecule has 0 bridgehead atoms. The average molecular weight is 316 g/mol. The van der Waals surface area contributed by atoms with Crippen LogP contribution in [0.1, 0.15) is 22.3 Å². The van der Waals surface area contributed by atoms with Crippen LogP contribution in [0.5, 0.6) is 0 Å². The van der Waals surface area contributed by atoms with Crippen LogP contribution >= 0.6 is 34.5 Å². The first-order chi connectivity index (χ1) is 9.01. The molecule has 0 aliphatic heterocycles. The predicted molar refractivity (Wildman–Crippen MR) is 78.3 cm³/mol. The number of aryl methyl sites for hydroxylation is 1. The maximum atomic E-state index is 11.7. The lowest BCUT2D eigenvalue weighted by molar-refractivity contribution is 0.0519. The van der Waals surface area contributed by atoms with Crippen molar-refractivity contribution in [1.82, 2.24) is 4.98 Å². The maximum Gasteiger partial charge on any atom is 0.358 e. The van der Waals surface area contributed by atoms with Crippen molar-refractivity contribution < 1.29 is 9.53 Å². The van der Waals surface area contributed by atoms with E-state index in [2.05, 4.69) is 4.98 Å². The average Bonchev–Trinajstić information content (AvgIpc) is 2.70. The zero-order valence-corrected chi connectivity index (χ0v) is 12.7. The van der Waals surface area contributed by atoms with Gasteiger partial charge in [-0.1, -0.05) is 23.2 Å². The van der Waals surface area contributed by atoms with E-state index in [1.165, 1.54) is 11.3 Å². The zero-order chi connectivity index (χ0) is 14.0. The van der Waals surface area contributed by atoms with Crippen molar-refractivity contribution in [3.05, 3.63) is 38.8 Å². The quantitative estimate of drug-likeness (QED) is 0.777. The number of rotatable bonds is 3. The van der Waals surface area contributed by atoms with Gasteiger partial charge in [0.25, 0.3) is 0 Å². The third-order valence-electron chi connectivity index (χ3n) is 2.37. The molecule has 2 aromatic rings. The Morgan fingerprint density at radius 3 is 2.53 bits per heavy atom. The standard InChI is InChI=1S/C13H11Cl2NO2S/c1-3-18-13(17)11-7(2)19-12(16-11)8-4-9(14)6-10(15)5-8/h4-6H,3H2,1-2H3. The van der Waals surface area contributed by atoms with Gasteiger partial charge in [0.05, 0.1) is 6.61 Å². The fourth-order valence-electron chi connectivity index (χ4n) is 1.59. The first-order valence-electron chi connectivity index (χ1n) is 5.62. The van der Waals surface area contributed by atoms with Crippen LogP contribution < -0.4 is 0 Å². The monoisotopic (exact) mass is 315 g/mol. The van der Waals surface area contributed by atoms with Gasteiger partial charge in [0.1, 0.15) is 5.01 Å². The van der Waals surface area contributed by atoms with E-state index in [0.717, 1.165) is 10.4 Å². The molecule has 1 aromatic carbocycles. The Balaban J connectivity index is 2.41. The van der Waals surface area contributed by atoms with Crippen LogP contribution in [0.15, 0.2) is 18.2 Å². The van der Waals surface area contributed by atoms with Crippen molar-refractivity contribution in [2.75, 3.05) is 6.61 Å². The van der Waals surface area contributed by atoms with E-state index in [-0.39, 0.29) is 0 Å². The summed E-state index contributed by atoms with van der Waals surface area (Å²) in [7, 11) is 0. The number of halogens is 2. The van der Waals surface area contributed by atoms with E-state index in [9.17, 15) is 4.79 Å². The Bertz CT molecular complexity index is 605. The second kappa shape index (κ2) is 5.90. The van der Waals surface area contributed by atoms with E-state index in [4.69, 9.17) is 27.9 Å². The summed E-state index contributed by atoms with van der Waals surface area (Å²) in [6.07, 6.45) is 0. The Morgan fingerprint density at radius 1 is 1.32 bits per heavy atom. The Morgan fingerprint density at radius 2 is 1.95 bits per heavy atom. The third-order valence-corrected chi connectivity index (χ3v) is 3.83. The summed E-state index contributed by atoms with van der Waals surface area (Å²) in [5, 5.41) is 1.77. The fraction of sp³-hybridized carbons (Fsp3) is 0.231. The van der Waals surface area contributed by atoms with Gasteiger partial charge in [0.15, 0.2) is 5.69 Å². The van der Waals surface area contributed by atoms with Gasteiger partial charge in [0, 0.05) is 20.5 Å². The van der Waals surface area contributed by atoms with Gasteiger partial charge in [-0.2, -0.15) is 0 Å². The van der Waals surface area contributed by atoms with Gasteiger partial charge in [-0.3, -0.25) is 0 Å². The molecule has 0 fully saturated rings. The van der Waals surface area contributed by atoms with Crippen LogP contribution in [-0.2, 0) is 4.74 Å². The largest absolute Gasteiger partial charge is 0.461 e. The SMILES string of the molecule is CCOC(=O)c1nc(-c2cc(Cl)cc(Cl)c2)sc1C. The minimum absolute atomic E-state index is 0.328. The molecule has 100 valence electrons. The van der Waals surface area contributed by atoms with E-state index in [0.29, 0.717) is 27.4 Å². The summed E-state index contributed by atoms with van der Waals surface area (Å²) >= 11 is 13.3. The Kier molecular flexibility index (Phi) is 4.45. The van der Waals surface area contributed by atoms with Crippen LogP contribution in [0, 0.1) is 6.92 Å². The molecular formula is C13H11Cl2NO2S. The van der Waals surface area contributed by atoms with E-state index >= 15 is 0 Å². The van der Waals surface area contributed by atoms with Gasteiger partial charge < -0.3 is 4.74 Å². The van der Waals surface area contributed by atoms with Crippen molar-refractivity contribution in [3.63, 3.8) is 0 Å². The fourth-order valence-corrected chi connectivity index (χ4v) is 3.00. The molecule has 0 spiro atoms. The molecule has 2 rings (SSSR count). The number of hydrogen-bond acceptors (Lipinski definition) is 4. The molecule has 0 N–H and O–H groups in total. The number of carbonyl (C=O) groups excluding carboxylic acids is 1. The summed E-state index contributed by atoms with van der Waals surface area (Å²) in [5.41, 5.74) is 1.14. The molecule has 1 heterocycles. The van der Waals surface area contributed by atoms with E-state index in [1.54, 1.807) is 25.1 Å². The van der Waals surface area contributed by atoms with E-state index in [1.807, 2.05) is 6.92 Å². The molecule has 6 heteroatoms. The van der Waals surface area contributed by atoms with Crippen LogP contribution in [0.3, 0.4) is 0 Å². The van der Waals surface area contributed by atoms with Gasteiger partial charge in [-0.05, 0) is 32.0 Å². The molecule has 0 radical (unpaired) electrons. The third kappa shape index (κ3) is 3.26. The summed E-state index contributed by atoms with van der Waals surface area (Å²) in [6, 6.07) is 5.18. The van der Waals surface area contributed by atoms with Crippen molar-refractivity contribution in [1.29, 1.82) is 0 Å². The topological polar surface area (TPSA) is 39.2 Å². The highest BCUT2D eigenvalue weighted by Crippen LogP contribution is 2.31. The summed E-state index contributed by atoms with van der Waals surface area (Å²) < 4.78 is 4.96. The second-order valence-corrected chi connectivity index (χ2v) is 5.88. The Labute approximate surface area is 125 Å². The van der Waals surface area contributed by atoms with Crippen LogP contribution in [0.4, 0.5) is 0 Å². The highest BCUT2D eigenvalue weighted by atomic mass is 35.5. The lowest BCUT2D eigenvalue weighted by Gasteiger charge is -1.99. The molecule has 0 aliphatic rings. The Hall–Kier alpha value is -1.10. The molecule has 0 saturated carbocycles. The number of ether oxygens (including phenoxy) is 1. The van der Waals surface area contributed by atoms with Crippen molar-refractivity contribution in [3.8, 4) is 10.6 Å². The normalized spacial score (nSPS) is 10.5. The molecule has 1 aromatic heterocycles.